The van der Waals surface area contributed by atoms with E-state index in [9.17, 15) is 14.4 Å². The van der Waals surface area contributed by atoms with Crippen molar-refractivity contribution in [3.8, 4) is 5.75 Å². The molecule has 36 heavy (non-hydrogen) atoms. The molecule has 192 valence electrons. The maximum atomic E-state index is 12.8. The third-order valence-electron chi connectivity index (χ3n) is 5.92. The minimum absolute atomic E-state index is 0.237. The van der Waals surface area contributed by atoms with Crippen molar-refractivity contribution in [3.63, 3.8) is 0 Å². The quantitative estimate of drug-likeness (QED) is 0.321. The third-order valence-corrected chi connectivity index (χ3v) is 5.92. The number of nitrogens with zero attached hydrogens (tertiary/aromatic N) is 1. The van der Waals surface area contributed by atoms with Gasteiger partial charge in [-0.15, -0.1) is 0 Å². The van der Waals surface area contributed by atoms with Gasteiger partial charge in [0.15, 0.2) is 0 Å². The van der Waals surface area contributed by atoms with Crippen molar-refractivity contribution in [2.75, 3.05) is 25.1 Å². The molecule has 2 N–H and O–H groups in total. The summed E-state index contributed by atoms with van der Waals surface area (Å²) in [7, 11) is 0. The van der Waals surface area contributed by atoms with Crippen LogP contribution >= 0.6 is 0 Å². The number of ether oxygens (including phenoxy) is 2. The molecule has 8 nitrogen and oxygen atoms in total. The number of hydrogen-bond donors (Lipinski definition) is 2. The summed E-state index contributed by atoms with van der Waals surface area (Å²) in [4.78, 5) is 39.8. The van der Waals surface area contributed by atoms with E-state index < -0.39 is 12.0 Å². The summed E-state index contributed by atoms with van der Waals surface area (Å²) in [5.41, 5.74) is 2.82. The predicted octanol–water partition coefficient (Wildman–Crippen LogP) is 5.43. The molecule has 1 aliphatic heterocycles. The Hall–Kier alpha value is -3.81. The average molecular weight is 494 g/mol. The van der Waals surface area contributed by atoms with Gasteiger partial charge < -0.3 is 20.1 Å². The fourth-order valence-electron chi connectivity index (χ4n) is 4.00. The number of urea groups is 1. The molecule has 0 saturated heterocycles. The molecular weight excluding hydrogens is 458 g/mol. The van der Waals surface area contributed by atoms with Crippen LogP contribution in [0.2, 0.25) is 0 Å². The first kappa shape index (κ1) is 26.8. The number of unbranched alkanes of at least 4 members (excludes halogenated alkanes) is 1. The van der Waals surface area contributed by atoms with E-state index in [1.54, 1.807) is 67.3 Å². The highest BCUT2D eigenvalue weighted by Crippen LogP contribution is 2.32. The molecule has 1 aliphatic rings. The van der Waals surface area contributed by atoms with E-state index in [0.29, 0.717) is 41.2 Å². The standard InChI is InChI=1S/C28H35N3O5/c1-5-8-18-36-23-15-11-21(12-16-23)26(32)29-22-13-9-20(10-14-22)25-24(27(33)35-7-3)19(4)31(17-6-2)28(34)30-25/h9-16,25H,5-8,17-18H2,1-4H3,(H,29,32)(H,30,34). The predicted molar refractivity (Wildman–Crippen MR) is 139 cm³/mol. The molecule has 1 unspecified atom stereocenters. The van der Waals surface area contributed by atoms with E-state index in [0.717, 1.165) is 25.0 Å². The number of nitrogens with one attached hydrogen (secondary N) is 2. The summed E-state index contributed by atoms with van der Waals surface area (Å²) in [5, 5.41) is 5.80. The molecular formula is C28H35N3O5. The summed E-state index contributed by atoms with van der Waals surface area (Å²) >= 11 is 0. The van der Waals surface area contributed by atoms with Crippen LogP contribution in [0.3, 0.4) is 0 Å². The maximum Gasteiger partial charge on any atom is 0.338 e. The molecule has 3 rings (SSSR count). The van der Waals surface area contributed by atoms with Crippen LogP contribution in [0, 0.1) is 0 Å². The minimum Gasteiger partial charge on any atom is -0.494 e. The van der Waals surface area contributed by atoms with Crippen molar-refractivity contribution in [3.05, 3.63) is 70.9 Å². The zero-order chi connectivity index (χ0) is 26.1. The van der Waals surface area contributed by atoms with Crippen LogP contribution in [0.4, 0.5) is 10.5 Å². The van der Waals surface area contributed by atoms with E-state index in [1.807, 2.05) is 6.92 Å². The Morgan fingerprint density at radius 2 is 1.69 bits per heavy atom. The third kappa shape index (κ3) is 6.44. The molecule has 0 saturated carbocycles. The summed E-state index contributed by atoms with van der Waals surface area (Å²) in [6.07, 6.45) is 2.80. The van der Waals surface area contributed by atoms with E-state index >= 15 is 0 Å². The van der Waals surface area contributed by atoms with Gasteiger partial charge in [-0.2, -0.15) is 0 Å². The van der Waals surface area contributed by atoms with E-state index in [4.69, 9.17) is 9.47 Å². The number of hydrogen-bond acceptors (Lipinski definition) is 5. The monoisotopic (exact) mass is 493 g/mol. The van der Waals surface area contributed by atoms with Gasteiger partial charge in [0.2, 0.25) is 0 Å². The first-order chi connectivity index (χ1) is 17.4. The Labute approximate surface area is 212 Å². The normalized spacial score (nSPS) is 15.4. The maximum absolute atomic E-state index is 12.8. The lowest BCUT2D eigenvalue weighted by Crippen LogP contribution is -2.48. The largest absolute Gasteiger partial charge is 0.494 e. The fraction of sp³-hybridized carbons (Fsp3) is 0.393. The van der Waals surface area contributed by atoms with Crippen LogP contribution in [-0.4, -0.2) is 42.6 Å². The van der Waals surface area contributed by atoms with Gasteiger partial charge in [0.1, 0.15) is 5.75 Å². The zero-order valence-corrected chi connectivity index (χ0v) is 21.4. The van der Waals surface area contributed by atoms with Gasteiger partial charge >= 0.3 is 12.0 Å². The Morgan fingerprint density at radius 3 is 2.31 bits per heavy atom. The first-order valence-corrected chi connectivity index (χ1v) is 12.5. The number of carbonyl (C=O) groups is 3. The first-order valence-electron chi connectivity index (χ1n) is 12.5. The molecule has 0 aromatic heterocycles. The minimum atomic E-state index is -0.644. The van der Waals surface area contributed by atoms with Crippen LogP contribution in [0.15, 0.2) is 59.8 Å². The van der Waals surface area contributed by atoms with E-state index in [-0.39, 0.29) is 18.5 Å². The number of allylic oxidation sites excluding steroid dienone is 1. The van der Waals surface area contributed by atoms with Gasteiger partial charge in [-0.05, 0) is 68.7 Å². The summed E-state index contributed by atoms with van der Waals surface area (Å²) < 4.78 is 10.9. The molecule has 0 aliphatic carbocycles. The fourth-order valence-corrected chi connectivity index (χ4v) is 4.00. The summed E-state index contributed by atoms with van der Waals surface area (Å²) in [5.74, 6) is 0.0322. The molecule has 3 amide bonds. The van der Waals surface area contributed by atoms with Gasteiger partial charge in [0, 0.05) is 23.5 Å². The van der Waals surface area contributed by atoms with Gasteiger partial charge in [-0.25, -0.2) is 9.59 Å². The molecule has 1 atom stereocenters. The number of anilines is 1. The summed E-state index contributed by atoms with van der Waals surface area (Å²) in [6.45, 7) is 8.98. The lowest BCUT2D eigenvalue weighted by molar-refractivity contribution is -0.139. The van der Waals surface area contributed by atoms with Gasteiger partial charge in [0.25, 0.3) is 5.91 Å². The van der Waals surface area contributed by atoms with Crippen molar-refractivity contribution < 1.29 is 23.9 Å². The highest BCUT2D eigenvalue weighted by atomic mass is 16.5. The molecule has 0 spiro atoms. The zero-order valence-electron chi connectivity index (χ0n) is 21.4. The second-order valence-corrected chi connectivity index (χ2v) is 8.56. The second kappa shape index (κ2) is 12.8. The number of amides is 3. The SMILES string of the molecule is CCCCOc1ccc(C(=O)Nc2ccc(C3NC(=O)N(CCC)C(C)=C3C(=O)OCC)cc2)cc1. The Morgan fingerprint density at radius 1 is 1.00 bits per heavy atom. The molecule has 8 heteroatoms. The highest BCUT2D eigenvalue weighted by Gasteiger charge is 2.36. The Kier molecular flexibility index (Phi) is 9.50. The van der Waals surface area contributed by atoms with Crippen molar-refractivity contribution in [2.45, 2.75) is 53.0 Å². The number of carbonyl (C=O) groups excluding carboxylic acids is 3. The Bertz CT molecular complexity index is 1090. The van der Waals surface area contributed by atoms with Crippen LogP contribution in [0.25, 0.3) is 0 Å². The van der Waals surface area contributed by atoms with Crippen molar-refractivity contribution in [1.29, 1.82) is 0 Å². The topological polar surface area (TPSA) is 97.0 Å². The Balaban J connectivity index is 1.74. The molecule has 2 aromatic rings. The van der Waals surface area contributed by atoms with Crippen LogP contribution in [0.1, 0.15) is 68.9 Å². The number of esters is 1. The second-order valence-electron chi connectivity index (χ2n) is 8.56. The number of rotatable bonds is 11. The molecule has 0 radical (unpaired) electrons. The van der Waals surface area contributed by atoms with Crippen molar-refractivity contribution in [1.82, 2.24) is 10.2 Å². The van der Waals surface area contributed by atoms with E-state index in [1.165, 1.54) is 0 Å². The lowest BCUT2D eigenvalue weighted by Gasteiger charge is -2.35. The smallest absolute Gasteiger partial charge is 0.338 e. The average Bonchev–Trinajstić information content (AvgIpc) is 2.87. The van der Waals surface area contributed by atoms with E-state index in [2.05, 4.69) is 17.6 Å². The lowest BCUT2D eigenvalue weighted by atomic mass is 9.94. The van der Waals surface area contributed by atoms with Crippen molar-refractivity contribution >= 4 is 23.6 Å². The van der Waals surface area contributed by atoms with Gasteiger partial charge in [-0.3, -0.25) is 9.69 Å². The van der Waals surface area contributed by atoms with Crippen molar-refractivity contribution in [2.24, 2.45) is 0 Å². The molecule has 2 aromatic carbocycles. The van der Waals surface area contributed by atoms with Crippen LogP contribution < -0.4 is 15.4 Å². The molecule has 1 heterocycles. The van der Waals surface area contributed by atoms with Crippen LogP contribution in [0.5, 0.6) is 5.75 Å². The van der Waals surface area contributed by atoms with Gasteiger partial charge in [0.05, 0.1) is 24.8 Å². The highest BCUT2D eigenvalue weighted by molar-refractivity contribution is 6.04. The number of benzene rings is 2. The van der Waals surface area contributed by atoms with Gasteiger partial charge in [-0.1, -0.05) is 32.4 Å². The molecule has 0 bridgehead atoms. The summed E-state index contributed by atoms with van der Waals surface area (Å²) in [6, 6.07) is 13.2. The van der Waals surface area contributed by atoms with Crippen LogP contribution in [-0.2, 0) is 9.53 Å². The molecule has 0 fully saturated rings.